The summed E-state index contributed by atoms with van der Waals surface area (Å²) in [6.07, 6.45) is 1.85. The number of aliphatic hydroxyl groups is 1. The monoisotopic (exact) mass is 263 g/mol. The minimum atomic E-state index is -0.851. The van der Waals surface area contributed by atoms with Gasteiger partial charge in [-0.15, -0.1) is 0 Å². The number of aromatic nitrogens is 1. The zero-order chi connectivity index (χ0) is 13.6. The highest BCUT2D eigenvalue weighted by Gasteiger charge is 2.25. The molecule has 1 aromatic carbocycles. The van der Waals surface area contributed by atoms with E-state index in [1.54, 1.807) is 10.6 Å². The van der Waals surface area contributed by atoms with Crippen LogP contribution in [0.4, 0.5) is 8.78 Å². The topological polar surface area (TPSA) is 25.2 Å². The summed E-state index contributed by atoms with van der Waals surface area (Å²) in [5, 5.41) is 9.99. The Morgan fingerprint density at radius 1 is 1.32 bits per heavy atom. The van der Waals surface area contributed by atoms with E-state index in [4.69, 9.17) is 0 Å². The van der Waals surface area contributed by atoms with E-state index in [-0.39, 0.29) is 5.69 Å². The van der Waals surface area contributed by atoms with Crippen molar-refractivity contribution < 1.29 is 13.9 Å². The van der Waals surface area contributed by atoms with Gasteiger partial charge >= 0.3 is 0 Å². The molecule has 1 N–H and O–H groups in total. The highest BCUT2D eigenvalue weighted by atomic mass is 19.2. The number of aryl methyl sites for hydroxylation is 1. The Bertz CT molecular complexity index is 633. The van der Waals surface area contributed by atoms with Gasteiger partial charge in [0.05, 0.1) is 11.8 Å². The third-order valence-electron chi connectivity index (χ3n) is 3.74. The lowest BCUT2D eigenvalue weighted by molar-refractivity contribution is 0.156. The van der Waals surface area contributed by atoms with Gasteiger partial charge in [0.2, 0.25) is 0 Å². The molecule has 3 rings (SSSR count). The SMILES string of the molecule is Cc1cc2c(n1-c1cccc(F)c1F)CCCC2O. The summed E-state index contributed by atoms with van der Waals surface area (Å²) in [6, 6.07) is 6.04. The van der Waals surface area contributed by atoms with E-state index in [0.717, 1.165) is 42.3 Å². The smallest absolute Gasteiger partial charge is 0.182 e. The number of aliphatic hydroxyl groups excluding tert-OH is 1. The van der Waals surface area contributed by atoms with Crippen molar-refractivity contribution in [2.24, 2.45) is 0 Å². The van der Waals surface area contributed by atoms with Gasteiger partial charge in [-0.2, -0.15) is 0 Å². The lowest BCUT2D eigenvalue weighted by atomic mass is 9.95. The predicted molar refractivity (Wildman–Crippen MR) is 68.3 cm³/mol. The van der Waals surface area contributed by atoms with Crippen molar-refractivity contribution in [3.8, 4) is 5.69 Å². The van der Waals surface area contributed by atoms with E-state index < -0.39 is 17.7 Å². The lowest BCUT2D eigenvalue weighted by Gasteiger charge is -2.20. The van der Waals surface area contributed by atoms with E-state index in [2.05, 4.69) is 0 Å². The number of hydrogen-bond acceptors (Lipinski definition) is 1. The average molecular weight is 263 g/mol. The largest absolute Gasteiger partial charge is 0.388 e. The Labute approximate surface area is 110 Å². The zero-order valence-corrected chi connectivity index (χ0v) is 10.7. The molecule has 0 saturated heterocycles. The molecule has 2 aromatic rings. The highest BCUT2D eigenvalue weighted by Crippen LogP contribution is 2.34. The van der Waals surface area contributed by atoms with Crippen LogP contribution < -0.4 is 0 Å². The lowest BCUT2D eigenvalue weighted by Crippen LogP contribution is -2.12. The van der Waals surface area contributed by atoms with E-state index in [9.17, 15) is 13.9 Å². The standard InChI is InChI=1S/C15H15F2NO/c1-9-8-10-12(5-3-7-14(10)19)18(9)13-6-2-4-11(16)15(13)17/h2,4,6,8,14,19H,3,5,7H2,1H3. The molecule has 100 valence electrons. The van der Waals surface area contributed by atoms with Gasteiger partial charge in [0.25, 0.3) is 0 Å². The molecular formula is C15H15F2NO. The number of fused-ring (bicyclic) bond motifs is 1. The Kier molecular flexibility index (Phi) is 2.90. The van der Waals surface area contributed by atoms with Crippen molar-refractivity contribution in [1.29, 1.82) is 0 Å². The Morgan fingerprint density at radius 3 is 2.89 bits per heavy atom. The summed E-state index contributed by atoms with van der Waals surface area (Å²) in [5.41, 5.74) is 2.76. The first-order valence-electron chi connectivity index (χ1n) is 6.43. The third-order valence-corrected chi connectivity index (χ3v) is 3.74. The van der Waals surface area contributed by atoms with Gasteiger partial charge in [-0.1, -0.05) is 6.07 Å². The second kappa shape index (κ2) is 4.46. The Hall–Kier alpha value is -1.68. The second-order valence-corrected chi connectivity index (χ2v) is 5.00. The van der Waals surface area contributed by atoms with Gasteiger partial charge in [0.1, 0.15) is 0 Å². The van der Waals surface area contributed by atoms with E-state index in [1.165, 1.54) is 6.07 Å². The highest BCUT2D eigenvalue weighted by molar-refractivity contribution is 5.44. The fraction of sp³-hybridized carbons (Fsp3) is 0.333. The maximum Gasteiger partial charge on any atom is 0.182 e. The summed E-state index contributed by atoms with van der Waals surface area (Å²) in [6.45, 7) is 1.84. The molecule has 1 aliphatic carbocycles. The van der Waals surface area contributed by atoms with Crippen molar-refractivity contribution in [2.45, 2.75) is 32.3 Å². The molecule has 1 aliphatic rings. The van der Waals surface area contributed by atoms with Crippen LogP contribution in [0.2, 0.25) is 0 Å². The first kappa shape index (κ1) is 12.4. The first-order valence-corrected chi connectivity index (χ1v) is 6.43. The van der Waals surface area contributed by atoms with Gasteiger partial charge in [0, 0.05) is 17.0 Å². The molecule has 0 spiro atoms. The van der Waals surface area contributed by atoms with Crippen LogP contribution in [0.25, 0.3) is 5.69 Å². The molecule has 0 amide bonds. The van der Waals surface area contributed by atoms with E-state index in [0.29, 0.717) is 0 Å². The minimum Gasteiger partial charge on any atom is -0.388 e. The van der Waals surface area contributed by atoms with E-state index in [1.807, 2.05) is 13.0 Å². The predicted octanol–water partition coefficient (Wildman–Crippen LogP) is 3.43. The van der Waals surface area contributed by atoms with Gasteiger partial charge in [-0.3, -0.25) is 0 Å². The molecule has 1 atom stereocenters. The quantitative estimate of drug-likeness (QED) is 0.837. The molecule has 4 heteroatoms. The van der Waals surface area contributed by atoms with Gasteiger partial charge in [0.15, 0.2) is 11.6 Å². The van der Waals surface area contributed by atoms with Crippen molar-refractivity contribution in [1.82, 2.24) is 4.57 Å². The fourth-order valence-electron chi connectivity index (χ4n) is 2.88. The van der Waals surface area contributed by atoms with Gasteiger partial charge in [-0.25, -0.2) is 8.78 Å². The summed E-state index contributed by atoms with van der Waals surface area (Å²) in [5.74, 6) is -1.69. The molecule has 1 heterocycles. The van der Waals surface area contributed by atoms with Gasteiger partial charge in [-0.05, 0) is 44.4 Å². The number of halogens is 2. The molecule has 2 nitrogen and oxygen atoms in total. The number of benzene rings is 1. The van der Waals surface area contributed by atoms with Crippen LogP contribution in [0.15, 0.2) is 24.3 Å². The molecule has 1 unspecified atom stereocenters. The van der Waals surface area contributed by atoms with Crippen molar-refractivity contribution in [3.05, 3.63) is 52.9 Å². The van der Waals surface area contributed by atoms with Crippen LogP contribution in [-0.4, -0.2) is 9.67 Å². The van der Waals surface area contributed by atoms with Crippen molar-refractivity contribution in [3.63, 3.8) is 0 Å². The summed E-state index contributed by atoms with van der Waals surface area (Å²) in [4.78, 5) is 0. The number of rotatable bonds is 1. The van der Waals surface area contributed by atoms with E-state index >= 15 is 0 Å². The van der Waals surface area contributed by atoms with Crippen molar-refractivity contribution >= 4 is 0 Å². The Balaban J connectivity index is 2.23. The number of nitrogens with zero attached hydrogens (tertiary/aromatic N) is 1. The Morgan fingerprint density at radius 2 is 2.11 bits per heavy atom. The minimum absolute atomic E-state index is 0.216. The normalized spacial score (nSPS) is 18.4. The molecule has 19 heavy (non-hydrogen) atoms. The molecule has 0 radical (unpaired) electrons. The summed E-state index contributed by atoms with van der Waals surface area (Å²) in [7, 11) is 0. The first-order chi connectivity index (χ1) is 9.09. The van der Waals surface area contributed by atoms with Crippen LogP contribution in [-0.2, 0) is 6.42 Å². The molecular weight excluding hydrogens is 248 g/mol. The molecule has 0 saturated carbocycles. The van der Waals surface area contributed by atoms with Crippen LogP contribution >= 0.6 is 0 Å². The third kappa shape index (κ3) is 1.87. The maximum absolute atomic E-state index is 14.0. The van der Waals surface area contributed by atoms with Crippen LogP contribution in [0.5, 0.6) is 0 Å². The molecule has 0 bridgehead atoms. The maximum atomic E-state index is 14.0. The van der Waals surface area contributed by atoms with Crippen LogP contribution in [0.3, 0.4) is 0 Å². The summed E-state index contributed by atoms with van der Waals surface area (Å²) >= 11 is 0. The fourth-order valence-corrected chi connectivity index (χ4v) is 2.88. The van der Waals surface area contributed by atoms with Crippen LogP contribution in [0.1, 0.15) is 35.9 Å². The van der Waals surface area contributed by atoms with Crippen molar-refractivity contribution in [2.75, 3.05) is 0 Å². The zero-order valence-electron chi connectivity index (χ0n) is 10.7. The van der Waals surface area contributed by atoms with Gasteiger partial charge < -0.3 is 9.67 Å². The molecule has 0 fully saturated rings. The average Bonchev–Trinajstić information content (AvgIpc) is 2.71. The number of hydrogen-bond donors (Lipinski definition) is 1. The molecule has 0 aliphatic heterocycles. The summed E-state index contributed by atoms with van der Waals surface area (Å²) < 4.78 is 29.0. The second-order valence-electron chi connectivity index (χ2n) is 5.00. The van der Waals surface area contributed by atoms with Crippen LogP contribution in [0, 0.1) is 18.6 Å². The molecule has 1 aromatic heterocycles.